The van der Waals surface area contributed by atoms with Crippen LogP contribution in [0.3, 0.4) is 0 Å². The summed E-state index contributed by atoms with van der Waals surface area (Å²) in [4.78, 5) is 0. The summed E-state index contributed by atoms with van der Waals surface area (Å²) in [5, 5.41) is 0. The molecule has 0 spiro atoms. The fourth-order valence-corrected chi connectivity index (χ4v) is 1.38. The average Bonchev–Trinajstić information content (AvgIpc) is 2.55. The van der Waals surface area contributed by atoms with E-state index in [-0.39, 0.29) is 11.8 Å². The van der Waals surface area contributed by atoms with Crippen LogP contribution in [-0.4, -0.2) is 0 Å². The van der Waals surface area contributed by atoms with E-state index in [4.69, 9.17) is 26.0 Å². The molecular weight excluding hydrogens is 182 g/mol. The number of rotatable bonds is 1. The molecule has 0 unspecified atom stereocenters. The van der Waals surface area contributed by atoms with E-state index in [1.165, 1.54) is 0 Å². The Morgan fingerprint density at radius 3 is 1.93 bits per heavy atom. The van der Waals surface area contributed by atoms with Gasteiger partial charge in [-0.3, -0.25) is 0 Å². The molecule has 0 amide bonds. The molecule has 2 rings (SSSR count). The molecule has 5 nitrogen and oxygen atoms in total. The second-order valence-corrected chi connectivity index (χ2v) is 3.06. The molecule has 0 aromatic carbocycles. The first-order chi connectivity index (χ1) is 6.58. The molecule has 0 saturated carbocycles. The molecule has 0 bridgehead atoms. The van der Waals surface area contributed by atoms with Gasteiger partial charge < -0.3 is 26.0 Å². The van der Waals surface area contributed by atoms with Gasteiger partial charge in [0.05, 0.1) is 11.1 Å². The summed E-state index contributed by atoms with van der Waals surface area (Å²) >= 11 is 0. The number of nitrogen functional groups attached to an aromatic ring is 3. The van der Waals surface area contributed by atoms with Crippen LogP contribution in [0.15, 0.2) is 21.0 Å². The maximum Gasteiger partial charge on any atom is 0.201 e. The lowest BCUT2D eigenvalue weighted by molar-refractivity contribution is 0.553. The maximum absolute atomic E-state index is 5.65. The van der Waals surface area contributed by atoms with Gasteiger partial charge in [-0.25, -0.2) is 0 Å². The molecule has 0 aliphatic rings. The first-order valence-electron chi connectivity index (χ1n) is 4.09. The summed E-state index contributed by atoms with van der Waals surface area (Å²) in [6, 6.07) is 3.41. The Morgan fingerprint density at radius 2 is 1.50 bits per heavy atom. The Hall–Kier alpha value is -2.04. The normalized spacial score (nSPS) is 10.6. The van der Waals surface area contributed by atoms with E-state index in [1.807, 2.05) is 0 Å². The first kappa shape index (κ1) is 8.55. The van der Waals surface area contributed by atoms with E-state index < -0.39 is 0 Å². The molecule has 2 aromatic rings. The fraction of sp³-hybridized carbons (Fsp3) is 0.111. The van der Waals surface area contributed by atoms with Crippen LogP contribution in [0.1, 0.15) is 5.76 Å². The lowest BCUT2D eigenvalue weighted by Crippen LogP contribution is -1.87. The minimum absolute atomic E-state index is 0.245. The quantitative estimate of drug-likeness (QED) is 0.637. The van der Waals surface area contributed by atoms with Gasteiger partial charge in [-0.05, 0) is 13.0 Å². The van der Waals surface area contributed by atoms with Crippen molar-refractivity contribution in [3.05, 3.63) is 17.9 Å². The molecule has 6 N–H and O–H groups in total. The van der Waals surface area contributed by atoms with Crippen molar-refractivity contribution in [3.8, 4) is 11.1 Å². The van der Waals surface area contributed by atoms with Crippen LogP contribution in [0, 0.1) is 6.92 Å². The van der Waals surface area contributed by atoms with Crippen LogP contribution in [0.25, 0.3) is 11.1 Å². The number of nitrogens with two attached hydrogens (primary N) is 3. The van der Waals surface area contributed by atoms with Crippen molar-refractivity contribution in [2.45, 2.75) is 6.92 Å². The van der Waals surface area contributed by atoms with Gasteiger partial charge in [-0.15, -0.1) is 0 Å². The number of furan rings is 2. The zero-order valence-electron chi connectivity index (χ0n) is 7.70. The summed E-state index contributed by atoms with van der Waals surface area (Å²) in [6.45, 7) is 1.81. The molecule has 2 aromatic heterocycles. The van der Waals surface area contributed by atoms with Crippen molar-refractivity contribution in [3.63, 3.8) is 0 Å². The molecule has 0 fully saturated rings. The zero-order valence-corrected chi connectivity index (χ0v) is 7.70. The first-order valence-corrected chi connectivity index (χ1v) is 4.09. The van der Waals surface area contributed by atoms with Crippen LogP contribution in [0.5, 0.6) is 0 Å². The summed E-state index contributed by atoms with van der Waals surface area (Å²) in [7, 11) is 0. The largest absolute Gasteiger partial charge is 0.446 e. The Morgan fingerprint density at radius 1 is 0.929 bits per heavy atom. The Labute approximate surface area is 80.5 Å². The van der Waals surface area contributed by atoms with E-state index in [2.05, 4.69) is 0 Å². The van der Waals surface area contributed by atoms with Gasteiger partial charge in [-0.2, -0.15) is 0 Å². The van der Waals surface area contributed by atoms with Crippen LogP contribution in [-0.2, 0) is 0 Å². The SMILES string of the molecule is Cc1cc(-c2cc(N)oc2N)c(N)o1. The smallest absolute Gasteiger partial charge is 0.201 e. The van der Waals surface area contributed by atoms with E-state index in [9.17, 15) is 0 Å². The lowest BCUT2D eigenvalue weighted by atomic mass is 10.1. The molecular formula is C9H11N3O2. The van der Waals surface area contributed by atoms with Gasteiger partial charge in [0.1, 0.15) is 5.76 Å². The molecule has 14 heavy (non-hydrogen) atoms. The Kier molecular flexibility index (Phi) is 1.67. The third kappa shape index (κ3) is 1.19. The predicted octanol–water partition coefficient (Wildman–Crippen LogP) is 1.59. The molecule has 0 saturated heterocycles. The van der Waals surface area contributed by atoms with Crippen LogP contribution in [0.2, 0.25) is 0 Å². The van der Waals surface area contributed by atoms with Crippen molar-refractivity contribution in [1.29, 1.82) is 0 Å². The standard InChI is InChI=1S/C9H11N3O2/c1-4-2-5(8(11)13-4)6-3-7(10)14-9(6)12/h2-3H,10-12H2,1H3. The summed E-state index contributed by atoms with van der Waals surface area (Å²) in [5.41, 5.74) is 18.1. The third-order valence-electron chi connectivity index (χ3n) is 1.95. The Balaban J connectivity index is 2.59. The predicted molar refractivity (Wildman–Crippen MR) is 54.4 cm³/mol. The number of anilines is 3. The van der Waals surface area contributed by atoms with Crippen LogP contribution in [0.4, 0.5) is 17.7 Å². The molecule has 2 heterocycles. The van der Waals surface area contributed by atoms with Gasteiger partial charge >= 0.3 is 0 Å². The van der Waals surface area contributed by atoms with Gasteiger partial charge in [-0.1, -0.05) is 0 Å². The third-order valence-corrected chi connectivity index (χ3v) is 1.95. The highest BCUT2D eigenvalue weighted by Crippen LogP contribution is 2.35. The molecule has 0 radical (unpaired) electrons. The Bertz CT molecular complexity index is 426. The summed E-state index contributed by atoms with van der Waals surface area (Å²) < 4.78 is 10.2. The average molecular weight is 193 g/mol. The fourth-order valence-electron chi connectivity index (χ4n) is 1.38. The minimum atomic E-state index is 0.245. The van der Waals surface area contributed by atoms with Gasteiger partial charge in [0.15, 0.2) is 11.8 Å². The summed E-state index contributed by atoms with van der Waals surface area (Å²) in [6.07, 6.45) is 0. The molecule has 74 valence electrons. The number of hydrogen-bond acceptors (Lipinski definition) is 5. The monoisotopic (exact) mass is 193 g/mol. The van der Waals surface area contributed by atoms with Crippen molar-refractivity contribution < 1.29 is 8.83 Å². The molecule has 0 aliphatic carbocycles. The highest BCUT2D eigenvalue weighted by Gasteiger charge is 2.14. The van der Waals surface area contributed by atoms with E-state index in [0.717, 1.165) is 5.76 Å². The molecule has 5 heteroatoms. The molecule has 0 aliphatic heterocycles. The number of hydrogen-bond donors (Lipinski definition) is 3. The van der Waals surface area contributed by atoms with E-state index in [1.54, 1.807) is 19.1 Å². The van der Waals surface area contributed by atoms with E-state index in [0.29, 0.717) is 17.0 Å². The highest BCUT2D eigenvalue weighted by molar-refractivity contribution is 5.82. The second kappa shape index (κ2) is 2.73. The zero-order chi connectivity index (χ0) is 10.3. The van der Waals surface area contributed by atoms with Crippen molar-refractivity contribution >= 4 is 17.7 Å². The second-order valence-electron chi connectivity index (χ2n) is 3.06. The van der Waals surface area contributed by atoms with Gasteiger partial charge in [0.2, 0.25) is 5.88 Å². The van der Waals surface area contributed by atoms with Crippen molar-refractivity contribution in [2.24, 2.45) is 0 Å². The maximum atomic E-state index is 5.65. The van der Waals surface area contributed by atoms with Gasteiger partial charge in [0.25, 0.3) is 0 Å². The summed E-state index contributed by atoms with van der Waals surface area (Å²) in [5.74, 6) is 1.54. The van der Waals surface area contributed by atoms with Gasteiger partial charge in [0, 0.05) is 6.07 Å². The van der Waals surface area contributed by atoms with Crippen molar-refractivity contribution in [2.75, 3.05) is 17.2 Å². The number of aryl methyl sites for hydroxylation is 1. The lowest BCUT2D eigenvalue weighted by Gasteiger charge is -1.93. The topological polar surface area (TPSA) is 104 Å². The van der Waals surface area contributed by atoms with E-state index >= 15 is 0 Å². The van der Waals surface area contributed by atoms with Crippen LogP contribution < -0.4 is 17.2 Å². The van der Waals surface area contributed by atoms with Crippen molar-refractivity contribution in [1.82, 2.24) is 0 Å². The van der Waals surface area contributed by atoms with Crippen LogP contribution >= 0.6 is 0 Å². The highest BCUT2D eigenvalue weighted by atomic mass is 16.4. The minimum Gasteiger partial charge on any atom is -0.446 e. The molecule has 0 atom stereocenters.